The number of aliphatic hydroxyl groups is 1. The SMILES string of the molecule is COc1cc2c(cc1OC)[C@@H](COCCO)OCCC2. The van der Waals surface area contributed by atoms with Gasteiger partial charge in [-0.05, 0) is 36.1 Å². The number of aliphatic hydroxyl groups excluding tert-OH is 1. The molecule has 1 aromatic rings. The fourth-order valence-corrected chi connectivity index (χ4v) is 2.42. The Labute approximate surface area is 119 Å². The van der Waals surface area contributed by atoms with Gasteiger partial charge in [-0.3, -0.25) is 0 Å². The molecular formula is C15H22O5. The Morgan fingerprint density at radius 2 is 2.00 bits per heavy atom. The molecule has 0 radical (unpaired) electrons. The second kappa shape index (κ2) is 7.47. The zero-order valence-corrected chi connectivity index (χ0v) is 12.1. The van der Waals surface area contributed by atoms with Crippen LogP contribution in [0.1, 0.15) is 23.7 Å². The van der Waals surface area contributed by atoms with Crippen LogP contribution in [0.4, 0.5) is 0 Å². The van der Waals surface area contributed by atoms with Crippen LogP contribution in [-0.2, 0) is 15.9 Å². The van der Waals surface area contributed by atoms with Gasteiger partial charge in [0.15, 0.2) is 11.5 Å². The smallest absolute Gasteiger partial charge is 0.161 e. The summed E-state index contributed by atoms with van der Waals surface area (Å²) in [5.41, 5.74) is 2.29. The van der Waals surface area contributed by atoms with Crippen LogP contribution in [0, 0.1) is 0 Å². The van der Waals surface area contributed by atoms with E-state index in [0.29, 0.717) is 25.6 Å². The molecule has 0 aliphatic carbocycles. The number of hydrogen-bond acceptors (Lipinski definition) is 5. The monoisotopic (exact) mass is 282 g/mol. The molecule has 1 N–H and O–H groups in total. The minimum Gasteiger partial charge on any atom is -0.493 e. The Morgan fingerprint density at radius 1 is 1.25 bits per heavy atom. The Hall–Kier alpha value is -1.30. The second-order valence-electron chi connectivity index (χ2n) is 4.67. The van der Waals surface area contributed by atoms with Crippen LogP contribution in [0.25, 0.3) is 0 Å². The van der Waals surface area contributed by atoms with Crippen molar-refractivity contribution in [3.63, 3.8) is 0 Å². The zero-order chi connectivity index (χ0) is 14.4. The van der Waals surface area contributed by atoms with E-state index in [9.17, 15) is 0 Å². The van der Waals surface area contributed by atoms with Gasteiger partial charge in [0, 0.05) is 6.61 Å². The van der Waals surface area contributed by atoms with Gasteiger partial charge in [0.1, 0.15) is 6.10 Å². The fraction of sp³-hybridized carbons (Fsp3) is 0.600. The lowest BCUT2D eigenvalue weighted by Gasteiger charge is -2.20. The third kappa shape index (κ3) is 3.42. The van der Waals surface area contributed by atoms with Crippen molar-refractivity contribution in [3.05, 3.63) is 23.3 Å². The molecule has 0 aromatic heterocycles. The van der Waals surface area contributed by atoms with E-state index < -0.39 is 0 Å². The number of benzene rings is 1. The highest BCUT2D eigenvalue weighted by molar-refractivity contribution is 5.48. The van der Waals surface area contributed by atoms with Gasteiger partial charge in [0.05, 0.1) is 34.0 Å². The first kappa shape index (κ1) is 15.1. The van der Waals surface area contributed by atoms with E-state index >= 15 is 0 Å². The van der Waals surface area contributed by atoms with Crippen molar-refractivity contribution in [3.8, 4) is 11.5 Å². The van der Waals surface area contributed by atoms with Gasteiger partial charge in [-0.1, -0.05) is 0 Å². The average molecular weight is 282 g/mol. The van der Waals surface area contributed by atoms with Crippen LogP contribution >= 0.6 is 0 Å². The number of hydrogen-bond donors (Lipinski definition) is 1. The molecule has 0 amide bonds. The molecule has 1 heterocycles. The molecule has 1 aromatic carbocycles. The standard InChI is InChI=1S/C15H22O5/c1-17-13-8-11-4-3-6-20-15(10-19-7-5-16)12(11)9-14(13)18-2/h8-9,15-16H,3-7,10H2,1-2H3/t15-/m1/s1. The molecule has 5 nitrogen and oxygen atoms in total. The maximum atomic E-state index is 8.79. The summed E-state index contributed by atoms with van der Waals surface area (Å²) in [6.07, 6.45) is 1.80. The predicted octanol–water partition coefficient (Wildman–Crippen LogP) is 1.72. The third-order valence-electron chi connectivity index (χ3n) is 3.41. The highest BCUT2D eigenvalue weighted by Crippen LogP contribution is 2.36. The molecular weight excluding hydrogens is 260 g/mol. The van der Waals surface area contributed by atoms with Gasteiger partial charge in [-0.25, -0.2) is 0 Å². The lowest BCUT2D eigenvalue weighted by atomic mass is 9.99. The van der Waals surface area contributed by atoms with Crippen molar-refractivity contribution < 1.29 is 24.1 Å². The minimum absolute atomic E-state index is 0.0194. The zero-order valence-electron chi connectivity index (χ0n) is 12.1. The van der Waals surface area contributed by atoms with Crippen molar-refractivity contribution in [1.82, 2.24) is 0 Å². The van der Waals surface area contributed by atoms with Crippen molar-refractivity contribution in [1.29, 1.82) is 0 Å². The molecule has 1 aliphatic rings. The van der Waals surface area contributed by atoms with E-state index in [4.69, 9.17) is 24.1 Å². The van der Waals surface area contributed by atoms with Crippen molar-refractivity contribution >= 4 is 0 Å². The van der Waals surface area contributed by atoms with Crippen molar-refractivity contribution in [2.75, 3.05) is 40.6 Å². The maximum absolute atomic E-state index is 8.79. The number of aryl methyl sites for hydroxylation is 1. The highest BCUT2D eigenvalue weighted by atomic mass is 16.5. The molecule has 5 heteroatoms. The van der Waals surface area contributed by atoms with Gasteiger partial charge >= 0.3 is 0 Å². The molecule has 0 fully saturated rings. The summed E-state index contributed by atoms with van der Waals surface area (Å²) >= 11 is 0. The van der Waals surface area contributed by atoms with Crippen LogP contribution in [0.5, 0.6) is 11.5 Å². The number of methoxy groups -OCH3 is 2. The van der Waals surface area contributed by atoms with Gasteiger partial charge in [0.2, 0.25) is 0 Å². The topological polar surface area (TPSA) is 57.2 Å². The summed E-state index contributed by atoms with van der Waals surface area (Å²) in [5.74, 6) is 1.44. The van der Waals surface area contributed by atoms with E-state index in [1.54, 1.807) is 14.2 Å². The van der Waals surface area contributed by atoms with Crippen LogP contribution < -0.4 is 9.47 Å². The van der Waals surface area contributed by atoms with Gasteiger partial charge < -0.3 is 24.1 Å². The Bertz CT molecular complexity index is 433. The number of fused-ring (bicyclic) bond motifs is 1. The third-order valence-corrected chi connectivity index (χ3v) is 3.41. The average Bonchev–Trinajstić information content (AvgIpc) is 2.68. The molecule has 0 bridgehead atoms. The van der Waals surface area contributed by atoms with Gasteiger partial charge in [0.25, 0.3) is 0 Å². The first-order valence-electron chi connectivity index (χ1n) is 6.85. The molecule has 0 unspecified atom stereocenters. The quantitative estimate of drug-likeness (QED) is 0.805. The van der Waals surface area contributed by atoms with Crippen LogP contribution in [0.2, 0.25) is 0 Å². The minimum atomic E-state index is -0.126. The number of rotatable bonds is 6. The molecule has 1 atom stereocenters. The maximum Gasteiger partial charge on any atom is 0.161 e. The Morgan fingerprint density at radius 3 is 2.70 bits per heavy atom. The van der Waals surface area contributed by atoms with Crippen LogP contribution in [0.15, 0.2) is 12.1 Å². The largest absolute Gasteiger partial charge is 0.493 e. The van der Waals surface area contributed by atoms with E-state index in [0.717, 1.165) is 24.2 Å². The molecule has 20 heavy (non-hydrogen) atoms. The van der Waals surface area contributed by atoms with Gasteiger partial charge in [-0.2, -0.15) is 0 Å². The molecule has 0 saturated heterocycles. The van der Waals surface area contributed by atoms with E-state index in [1.165, 1.54) is 5.56 Å². The molecule has 112 valence electrons. The predicted molar refractivity (Wildman–Crippen MR) is 74.5 cm³/mol. The Balaban J connectivity index is 2.27. The summed E-state index contributed by atoms with van der Waals surface area (Å²) in [6, 6.07) is 3.98. The summed E-state index contributed by atoms with van der Waals surface area (Å²) in [5, 5.41) is 8.79. The van der Waals surface area contributed by atoms with E-state index in [2.05, 4.69) is 0 Å². The second-order valence-corrected chi connectivity index (χ2v) is 4.67. The Kier molecular flexibility index (Phi) is 5.64. The molecule has 1 aliphatic heterocycles. The normalized spacial score (nSPS) is 18.2. The summed E-state index contributed by atoms with van der Waals surface area (Å²) in [6.45, 7) is 1.48. The van der Waals surface area contributed by atoms with E-state index in [-0.39, 0.29) is 12.7 Å². The van der Waals surface area contributed by atoms with Crippen LogP contribution in [-0.4, -0.2) is 45.8 Å². The summed E-state index contributed by atoms with van der Waals surface area (Å²) in [4.78, 5) is 0. The van der Waals surface area contributed by atoms with Crippen molar-refractivity contribution in [2.24, 2.45) is 0 Å². The van der Waals surface area contributed by atoms with Gasteiger partial charge in [-0.15, -0.1) is 0 Å². The highest BCUT2D eigenvalue weighted by Gasteiger charge is 2.22. The number of ether oxygens (including phenoxy) is 4. The van der Waals surface area contributed by atoms with E-state index in [1.807, 2.05) is 12.1 Å². The lowest BCUT2D eigenvalue weighted by Crippen LogP contribution is -2.14. The molecule has 2 rings (SSSR count). The fourth-order valence-electron chi connectivity index (χ4n) is 2.42. The van der Waals surface area contributed by atoms with Crippen LogP contribution in [0.3, 0.4) is 0 Å². The lowest BCUT2D eigenvalue weighted by molar-refractivity contribution is -0.0230. The summed E-state index contributed by atoms with van der Waals surface area (Å²) in [7, 11) is 3.26. The molecule has 0 spiro atoms. The summed E-state index contributed by atoms with van der Waals surface area (Å²) < 4.78 is 22.0. The first-order valence-corrected chi connectivity index (χ1v) is 6.85. The van der Waals surface area contributed by atoms with Crippen molar-refractivity contribution in [2.45, 2.75) is 18.9 Å². The molecule has 0 saturated carbocycles. The first-order chi connectivity index (χ1) is 9.80.